The quantitative estimate of drug-likeness (QED) is 0.730. The van der Waals surface area contributed by atoms with Crippen LogP contribution in [0.4, 0.5) is 16.0 Å². The van der Waals surface area contributed by atoms with Gasteiger partial charge in [-0.1, -0.05) is 0 Å². The van der Waals surface area contributed by atoms with Crippen LogP contribution in [0.2, 0.25) is 0 Å². The van der Waals surface area contributed by atoms with Gasteiger partial charge in [-0.2, -0.15) is 0 Å². The highest BCUT2D eigenvalue weighted by atomic mass is 32.2. The van der Waals surface area contributed by atoms with Crippen LogP contribution in [-0.2, 0) is 10.0 Å². The van der Waals surface area contributed by atoms with Gasteiger partial charge in [0.2, 0.25) is 5.95 Å². The smallest absolute Gasteiger partial charge is 0.267 e. The molecule has 4 N–H and O–H groups in total. The van der Waals surface area contributed by atoms with E-state index in [0.29, 0.717) is 0 Å². The first kappa shape index (κ1) is 12.4. The number of aryl methyl sites for hydroxylation is 1. The molecule has 0 aliphatic heterocycles. The molecule has 2 aromatic rings. The Kier molecular flexibility index (Phi) is 2.95. The molecule has 0 amide bonds. The Bertz CT molecular complexity index is 667. The van der Waals surface area contributed by atoms with Crippen LogP contribution < -0.4 is 10.5 Å². The van der Waals surface area contributed by atoms with Crippen molar-refractivity contribution in [3.05, 3.63) is 35.9 Å². The molecule has 0 fully saturated rings. The van der Waals surface area contributed by atoms with Crippen LogP contribution in [0.1, 0.15) is 5.56 Å². The Hall–Kier alpha value is -2.09. The molecule has 1 aromatic carbocycles. The van der Waals surface area contributed by atoms with Gasteiger partial charge in [0.1, 0.15) is 10.7 Å². The van der Waals surface area contributed by atoms with Gasteiger partial charge in [-0.25, -0.2) is 22.5 Å². The molecule has 0 atom stereocenters. The molecule has 8 heteroatoms. The van der Waals surface area contributed by atoms with Crippen molar-refractivity contribution < 1.29 is 12.8 Å². The number of benzene rings is 1. The van der Waals surface area contributed by atoms with Gasteiger partial charge < -0.3 is 10.7 Å². The second-order valence-electron chi connectivity index (χ2n) is 3.69. The highest BCUT2D eigenvalue weighted by Gasteiger charge is 2.22. The zero-order valence-corrected chi connectivity index (χ0v) is 10.3. The largest absolute Gasteiger partial charge is 0.399 e. The first-order chi connectivity index (χ1) is 8.40. The van der Waals surface area contributed by atoms with Crippen molar-refractivity contribution in [2.45, 2.75) is 11.8 Å². The van der Waals surface area contributed by atoms with Gasteiger partial charge in [-0.05, 0) is 24.6 Å². The van der Waals surface area contributed by atoms with Gasteiger partial charge in [0.15, 0.2) is 0 Å². The summed E-state index contributed by atoms with van der Waals surface area (Å²) in [5.41, 5.74) is 5.85. The molecular formula is C10H11FN4O2S. The molecule has 0 radical (unpaired) electrons. The van der Waals surface area contributed by atoms with E-state index in [4.69, 9.17) is 5.73 Å². The van der Waals surface area contributed by atoms with Crippen molar-refractivity contribution in [2.75, 3.05) is 10.5 Å². The Labute approximate surface area is 103 Å². The Morgan fingerprint density at radius 1 is 1.44 bits per heavy atom. The van der Waals surface area contributed by atoms with Gasteiger partial charge in [0.05, 0.1) is 0 Å². The second-order valence-corrected chi connectivity index (χ2v) is 5.34. The monoisotopic (exact) mass is 270 g/mol. The van der Waals surface area contributed by atoms with Crippen LogP contribution in [0.3, 0.4) is 0 Å². The number of hydrogen-bond acceptors (Lipinski definition) is 4. The summed E-state index contributed by atoms with van der Waals surface area (Å²) < 4.78 is 39.8. The van der Waals surface area contributed by atoms with Crippen LogP contribution in [0, 0.1) is 12.7 Å². The highest BCUT2D eigenvalue weighted by molar-refractivity contribution is 7.92. The number of nitrogens with zero attached hydrogens (tertiary/aromatic N) is 1. The number of aromatic nitrogens is 2. The zero-order valence-electron chi connectivity index (χ0n) is 9.44. The summed E-state index contributed by atoms with van der Waals surface area (Å²) in [4.78, 5) is 5.76. The van der Waals surface area contributed by atoms with E-state index in [1.165, 1.54) is 25.4 Å². The molecule has 0 spiro atoms. The van der Waals surface area contributed by atoms with Crippen molar-refractivity contribution in [3.63, 3.8) is 0 Å². The average Bonchev–Trinajstić information content (AvgIpc) is 2.75. The fourth-order valence-electron chi connectivity index (χ4n) is 1.46. The molecule has 18 heavy (non-hydrogen) atoms. The number of imidazole rings is 1. The highest BCUT2D eigenvalue weighted by Crippen LogP contribution is 2.22. The predicted octanol–water partition coefficient (Wildman–Crippen LogP) is 1.24. The molecule has 0 saturated carbocycles. The summed E-state index contributed by atoms with van der Waals surface area (Å²) in [6.07, 6.45) is 2.82. The predicted molar refractivity (Wildman–Crippen MR) is 64.9 cm³/mol. The number of anilines is 2. The molecule has 0 aliphatic carbocycles. The maximum atomic E-state index is 13.8. The third kappa shape index (κ3) is 2.28. The van der Waals surface area contributed by atoms with Crippen LogP contribution in [0.25, 0.3) is 0 Å². The van der Waals surface area contributed by atoms with Crippen LogP contribution in [0.15, 0.2) is 29.4 Å². The molecule has 0 aliphatic rings. The van der Waals surface area contributed by atoms with E-state index in [1.54, 1.807) is 0 Å². The molecule has 1 heterocycles. The fourth-order valence-corrected chi connectivity index (χ4v) is 2.63. The normalized spacial score (nSPS) is 11.4. The lowest BCUT2D eigenvalue weighted by Crippen LogP contribution is -2.16. The number of halogens is 1. The summed E-state index contributed by atoms with van der Waals surface area (Å²) in [7, 11) is -4.06. The minimum Gasteiger partial charge on any atom is -0.399 e. The maximum absolute atomic E-state index is 13.8. The molecule has 2 rings (SSSR count). The lowest BCUT2D eigenvalue weighted by molar-refractivity contribution is 0.565. The second kappa shape index (κ2) is 4.30. The number of aromatic amines is 1. The van der Waals surface area contributed by atoms with Crippen LogP contribution in [-0.4, -0.2) is 18.4 Å². The Morgan fingerprint density at radius 3 is 2.78 bits per heavy atom. The summed E-state index contributed by atoms with van der Waals surface area (Å²) >= 11 is 0. The Morgan fingerprint density at radius 2 is 2.17 bits per heavy atom. The van der Waals surface area contributed by atoms with Gasteiger partial charge in [0, 0.05) is 18.1 Å². The average molecular weight is 270 g/mol. The summed E-state index contributed by atoms with van der Waals surface area (Å²) in [5, 5.41) is 0. The first-order valence-electron chi connectivity index (χ1n) is 4.98. The molecule has 1 aromatic heterocycles. The van der Waals surface area contributed by atoms with Crippen molar-refractivity contribution in [2.24, 2.45) is 0 Å². The van der Waals surface area contributed by atoms with E-state index < -0.39 is 20.7 Å². The molecule has 6 nitrogen and oxygen atoms in total. The van der Waals surface area contributed by atoms with E-state index in [2.05, 4.69) is 14.7 Å². The number of rotatable bonds is 3. The van der Waals surface area contributed by atoms with Crippen molar-refractivity contribution >= 4 is 21.7 Å². The van der Waals surface area contributed by atoms with Crippen molar-refractivity contribution in [3.8, 4) is 0 Å². The molecule has 0 unspecified atom stereocenters. The van der Waals surface area contributed by atoms with Gasteiger partial charge in [-0.15, -0.1) is 0 Å². The standard InChI is InChI=1S/C10H11FN4O2S/c1-6-4-7(12)5-8(9(6)11)18(16,17)15-10-13-2-3-14-10/h2-5H,12H2,1H3,(H2,13,14,15). The number of nitrogens with one attached hydrogen (secondary N) is 2. The SMILES string of the molecule is Cc1cc(N)cc(S(=O)(=O)Nc2ncc[nH]2)c1F. The Balaban J connectivity index is 2.48. The van der Waals surface area contributed by atoms with E-state index in [-0.39, 0.29) is 17.2 Å². The lowest BCUT2D eigenvalue weighted by Gasteiger charge is -2.09. The molecule has 0 saturated heterocycles. The maximum Gasteiger partial charge on any atom is 0.267 e. The fraction of sp³-hybridized carbons (Fsp3) is 0.100. The number of nitrogens with two attached hydrogens (primary N) is 1. The van der Waals surface area contributed by atoms with Gasteiger partial charge in [0.25, 0.3) is 10.0 Å². The minimum atomic E-state index is -4.06. The van der Waals surface area contributed by atoms with Crippen LogP contribution in [0.5, 0.6) is 0 Å². The van der Waals surface area contributed by atoms with Gasteiger partial charge >= 0.3 is 0 Å². The number of hydrogen-bond donors (Lipinski definition) is 3. The van der Waals surface area contributed by atoms with E-state index in [0.717, 1.165) is 6.07 Å². The third-order valence-electron chi connectivity index (χ3n) is 2.26. The molecule has 0 bridgehead atoms. The van der Waals surface area contributed by atoms with Crippen LogP contribution >= 0.6 is 0 Å². The lowest BCUT2D eigenvalue weighted by atomic mass is 10.2. The van der Waals surface area contributed by atoms with E-state index in [9.17, 15) is 12.8 Å². The topological polar surface area (TPSA) is 101 Å². The summed E-state index contributed by atoms with van der Waals surface area (Å²) in [6, 6.07) is 2.43. The first-order valence-corrected chi connectivity index (χ1v) is 6.46. The van der Waals surface area contributed by atoms with Crippen molar-refractivity contribution in [1.82, 2.24) is 9.97 Å². The minimum absolute atomic E-state index is 0.00878. The number of H-pyrrole nitrogens is 1. The number of nitrogen functional groups attached to an aromatic ring is 1. The third-order valence-corrected chi connectivity index (χ3v) is 3.60. The zero-order chi connectivity index (χ0) is 13.3. The van der Waals surface area contributed by atoms with E-state index >= 15 is 0 Å². The van der Waals surface area contributed by atoms with Crippen molar-refractivity contribution in [1.29, 1.82) is 0 Å². The summed E-state index contributed by atoms with van der Waals surface area (Å²) in [5.74, 6) is -0.822. The number of sulfonamides is 1. The van der Waals surface area contributed by atoms with E-state index in [1.807, 2.05) is 0 Å². The summed E-state index contributed by atoms with van der Waals surface area (Å²) in [6.45, 7) is 1.44. The molecule has 96 valence electrons. The van der Waals surface area contributed by atoms with Gasteiger partial charge in [-0.3, -0.25) is 0 Å². The molecular weight excluding hydrogens is 259 g/mol.